The van der Waals surface area contributed by atoms with Crippen LogP contribution in [-0.4, -0.2) is 43.7 Å². The number of guanidine groups is 1. The van der Waals surface area contributed by atoms with Crippen molar-refractivity contribution in [3.05, 3.63) is 45.9 Å². The zero-order valence-electron chi connectivity index (χ0n) is 17.0. The van der Waals surface area contributed by atoms with Crippen LogP contribution < -0.4 is 15.5 Å². The third-order valence-electron chi connectivity index (χ3n) is 4.93. The summed E-state index contributed by atoms with van der Waals surface area (Å²) < 4.78 is 0. The number of anilines is 1. The van der Waals surface area contributed by atoms with E-state index < -0.39 is 0 Å². The van der Waals surface area contributed by atoms with Gasteiger partial charge in [-0.1, -0.05) is 19.1 Å². The maximum absolute atomic E-state index is 9.38. The van der Waals surface area contributed by atoms with Crippen LogP contribution in [-0.2, 0) is 12.8 Å². The summed E-state index contributed by atoms with van der Waals surface area (Å²) in [4.78, 5) is 12.5. The number of piperidine rings is 1. The topological polar surface area (TPSA) is 76.3 Å². The maximum atomic E-state index is 9.38. The molecule has 1 aliphatic heterocycles. The number of aliphatic imine (C=N–C) groups is 1. The zero-order valence-corrected chi connectivity index (χ0v) is 20.2. The van der Waals surface area contributed by atoms with Crippen LogP contribution in [0.1, 0.15) is 35.2 Å². The van der Waals surface area contributed by atoms with Crippen LogP contribution in [0.15, 0.2) is 35.5 Å². The van der Waals surface area contributed by atoms with Crippen LogP contribution in [0.2, 0.25) is 0 Å². The molecule has 29 heavy (non-hydrogen) atoms. The van der Waals surface area contributed by atoms with E-state index in [1.54, 1.807) is 18.4 Å². The van der Waals surface area contributed by atoms with Crippen molar-refractivity contribution in [3.8, 4) is 6.07 Å². The Hall–Kier alpha value is -1.86. The van der Waals surface area contributed by atoms with E-state index in [0.29, 0.717) is 6.04 Å². The summed E-state index contributed by atoms with van der Waals surface area (Å²) in [6.45, 7) is 4.81. The molecule has 8 heteroatoms. The molecule has 0 saturated carbocycles. The highest BCUT2D eigenvalue weighted by molar-refractivity contribution is 14.0. The number of halogens is 1. The zero-order chi connectivity index (χ0) is 19.8. The van der Waals surface area contributed by atoms with E-state index in [-0.39, 0.29) is 24.0 Å². The lowest BCUT2D eigenvalue weighted by Gasteiger charge is -2.35. The molecule has 6 nitrogen and oxygen atoms in total. The fourth-order valence-electron chi connectivity index (χ4n) is 3.46. The quantitative estimate of drug-likeness (QED) is 0.344. The molecule has 0 bridgehead atoms. The Morgan fingerprint density at radius 3 is 2.97 bits per heavy atom. The minimum absolute atomic E-state index is 0. The van der Waals surface area contributed by atoms with E-state index in [1.807, 2.05) is 30.5 Å². The SMILES string of the molecule is CCc1cnc(CCNC(=NC)NC2CCCN(c3ccccc3C#N)C2)s1.I. The van der Waals surface area contributed by atoms with E-state index >= 15 is 0 Å². The summed E-state index contributed by atoms with van der Waals surface area (Å²) >= 11 is 1.78. The van der Waals surface area contributed by atoms with Crippen molar-refractivity contribution >= 4 is 47.0 Å². The van der Waals surface area contributed by atoms with Gasteiger partial charge in [0.25, 0.3) is 0 Å². The molecule has 2 heterocycles. The first-order valence-corrected chi connectivity index (χ1v) is 10.7. The summed E-state index contributed by atoms with van der Waals surface area (Å²) in [5.74, 6) is 0.827. The molecule has 0 amide bonds. The van der Waals surface area contributed by atoms with Gasteiger partial charge in [-0.05, 0) is 31.4 Å². The number of hydrogen-bond acceptors (Lipinski definition) is 5. The van der Waals surface area contributed by atoms with Crippen LogP contribution in [0, 0.1) is 11.3 Å². The van der Waals surface area contributed by atoms with E-state index in [9.17, 15) is 5.26 Å². The van der Waals surface area contributed by atoms with Crippen LogP contribution in [0.5, 0.6) is 0 Å². The lowest BCUT2D eigenvalue weighted by Crippen LogP contribution is -2.51. The molecule has 1 fully saturated rings. The Morgan fingerprint density at radius 1 is 1.41 bits per heavy atom. The van der Waals surface area contributed by atoms with Gasteiger partial charge in [-0.15, -0.1) is 35.3 Å². The molecule has 2 aromatic rings. The van der Waals surface area contributed by atoms with Gasteiger partial charge in [0, 0.05) is 50.2 Å². The highest BCUT2D eigenvalue weighted by Gasteiger charge is 2.22. The number of rotatable bonds is 6. The summed E-state index contributed by atoms with van der Waals surface area (Å²) in [7, 11) is 1.81. The molecule has 1 saturated heterocycles. The van der Waals surface area contributed by atoms with Gasteiger partial charge in [0.05, 0.1) is 16.3 Å². The number of nitrogens with one attached hydrogen (secondary N) is 2. The van der Waals surface area contributed by atoms with Gasteiger partial charge < -0.3 is 15.5 Å². The van der Waals surface area contributed by atoms with Gasteiger partial charge >= 0.3 is 0 Å². The summed E-state index contributed by atoms with van der Waals surface area (Å²) in [5, 5.41) is 17.5. The van der Waals surface area contributed by atoms with Gasteiger partial charge in [-0.3, -0.25) is 4.99 Å². The molecule has 0 aliphatic carbocycles. The van der Waals surface area contributed by atoms with Gasteiger partial charge in [0.1, 0.15) is 6.07 Å². The molecule has 0 spiro atoms. The molecule has 3 rings (SSSR count). The molecule has 1 aromatic carbocycles. The third-order valence-corrected chi connectivity index (χ3v) is 6.13. The van der Waals surface area contributed by atoms with Crippen molar-refractivity contribution in [3.63, 3.8) is 0 Å². The third kappa shape index (κ3) is 6.57. The molecule has 1 aliphatic rings. The number of nitriles is 1. The smallest absolute Gasteiger partial charge is 0.191 e. The number of aromatic nitrogens is 1. The normalized spacial score (nSPS) is 16.7. The van der Waals surface area contributed by atoms with Crippen LogP contribution in [0.4, 0.5) is 5.69 Å². The second-order valence-corrected chi connectivity index (χ2v) is 8.08. The molecule has 1 aromatic heterocycles. The van der Waals surface area contributed by atoms with Gasteiger partial charge in [0.2, 0.25) is 0 Å². The van der Waals surface area contributed by atoms with Crippen molar-refractivity contribution in [2.45, 2.75) is 38.6 Å². The average molecular weight is 524 g/mol. The molecular weight excluding hydrogens is 495 g/mol. The molecule has 2 N–H and O–H groups in total. The molecule has 1 unspecified atom stereocenters. The summed E-state index contributed by atoms with van der Waals surface area (Å²) in [6, 6.07) is 10.4. The minimum Gasteiger partial charge on any atom is -0.368 e. The fourth-order valence-corrected chi connectivity index (χ4v) is 4.32. The van der Waals surface area contributed by atoms with Crippen molar-refractivity contribution in [1.82, 2.24) is 15.6 Å². The second kappa shape index (κ2) is 12.0. The first-order valence-electron chi connectivity index (χ1n) is 9.88. The Morgan fingerprint density at radius 2 is 2.24 bits per heavy atom. The fraction of sp³-hybridized carbons (Fsp3) is 0.476. The van der Waals surface area contributed by atoms with E-state index in [1.165, 1.54) is 4.88 Å². The van der Waals surface area contributed by atoms with E-state index in [4.69, 9.17) is 0 Å². The summed E-state index contributed by atoms with van der Waals surface area (Å²) in [6.07, 6.45) is 6.10. The predicted octanol–water partition coefficient (Wildman–Crippen LogP) is 3.57. The van der Waals surface area contributed by atoms with Crippen LogP contribution >= 0.6 is 35.3 Å². The van der Waals surface area contributed by atoms with Crippen molar-refractivity contribution in [2.75, 3.05) is 31.6 Å². The van der Waals surface area contributed by atoms with E-state index in [2.05, 4.69) is 38.5 Å². The average Bonchev–Trinajstić information content (AvgIpc) is 3.21. The van der Waals surface area contributed by atoms with Crippen molar-refractivity contribution in [1.29, 1.82) is 5.26 Å². The highest BCUT2D eigenvalue weighted by Crippen LogP contribution is 2.23. The largest absolute Gasteiger partial charge is 0.368 e. The predicted molar refractivity (Wildman–Crippen MR) is 132 cm³/mol. The maximum Gasteiger partial charge on any atom is 0.191 e. The first kappa shape index (κ1) is 23.4. The lowest BCUT2D eigenvalue weighted by atomic mass is 10.0. The number of aryl methyl sites for hydroxylation is 1. The molecular formula is C21H29IN6S. The Kier molecular flexibility index (Phi) is 9.67. The number of nitrogens with zero attached hydrogens (tertiary/aromatic N) is 4. The monoisotopic (exact) mass is 524 g/mol. The minimum atomic E-state index is 0. The molecule has 156 valence electrons. The number of para-hydroxylation sites is 1. The first-order chi connectivity index (χ1) is 13.7. The van der Waals surface area contributed by atoms with Gasteiger partial charge in [-0.2, -0.15) is 5.26 Å². The Labute approximate surface area is 194 Å². The van der Waals surface area contributed by atoms with Crippen molar-refractivity contribution < 1.29 is 0 Å². The van der Waals surface area contributed by atoms with Crippen LogP contribution in [0.25, 0.3) is 0 Å². The van der Waals surface area contributed by atoms with E-state index in [0.717, 1.165) is 67.5 Å². The molecule has 0 radical (unpaired) electrons. The highest BCUT2D eigenvalue weighted by atomic mass is 127. The Bertz CT molecular complexity index is 844. The number of thiazole rings is 1. The van der Waals surface area contributed by atoms with Crippen LogP contribution in [0.3, 0.4) is 0 Å². The Balaban J connectivity index is 0.00000300. The van der Waals surface area contributed by atoms with Crippen molar-refractivity contribution in [2.24, 2.45) is 4.99 Å². The lowest BCUT2D eigenvalue weighted by molar-refractivity contribution is 0.468. The molecule has 1 atom stereocenters. The summed E-state index contributed by atoms with van der Waals surface area (Å²) in [5.41, 5.74) is 1.76. The van der Waals surface area contributed by atoms with Gasteiger partial charge in [0.15, 0.2) is 5.96 Å². The standard InChI is InChI=1S/C21H28N6S.HI/c1-3-18-14-25-20(28-18)10-11-24-21(23-2)26-17-8-6-12-27(15-17)19-9-5-4-7-16(19)13-22;/h4-5,7,9,14,17H,3,6,8,10-12,15H2,1-2H3,(H2,23,24,26);1H. The second-order valence-electron chi connectivity index (χ2n) is 6.88. The number of hydrogen-bond donors (Lipinski definition) is 2. The number of benzene rings is 1. The van der Waals surface area contributed by atoms with Gasteiger partial charge in [-0.25, -0.2) is 4.98 Å².